The van der Waals surface area contributed by atoms with Gasteiger partial charge in [-0.1, -0.05) is 0 Å². The Morgan fingerprint density at radius 2 is 1.14 bits per heavy atom. The molecule has 0 amide bonds. The van der Waals surface area contributed by atoms with Crippen LogP contribution in [0.3, 0.4) is 0 Å². The van der Waals surface area contributed by atoms with E-state index in [-0.39, 0.29) is 60.3 Å². The molecule has 0 saturated heterocycles. The van der Waals surface area contributed by atoms with Crippen molar-refractivity contribution in [2.75, 3.05) is 0 Å². The Balaban J connectivity index is 0.000000364. The van der Waals surface area contributed by atoms with Crippen LogP contribution < -0.4 is 21.3 Å². The average Bonchev–Trinajstić information content (AvgIpc) is 2.39. The van der Waals surface area contributed by atoms with Crippen LogP contribution in [0.15, 0.2) is 34.4 Å². The van der Waals surface area contributed by atoms with E-state index >= 15 is 0 Å². The fourth-order valence-corrected chi connectivity index (χ4v) is 0.961. The Bertz CT molecular complexity index is 677. The predicted molar refractivity (Wildman–Crippen MR) is 64.1 cm³/mol. The number of carboxylic acids is 2. The second-order valence-corrected chi connectivity index (χ2v) is 3.20. The third-order valence-electron chi connectivity index (χ3n) is 1.75. The van der Waals surface area contributed by atoms with Gasteiger partial charge in [0.15, 0.2) is 0 Å². The van der Waals surface area contributed by atoms with Crippen molar-refractivity contribution in [1.82, 2.24) is 19.9 Å². The van der Waals surface area contributed by atoms with Crippen LogP contribution in [0.4, 0.5) is 0 Å². The Labute approximate surface area is 156 Å². The molecule has 0 bridgehead atoms. The van der Waals surface area contributed by atoms with E-state index in [0.717, 1.165) is 24.8 Å². The van der Waals surface area contributed by atoms with E-state index in [4.69, 9.17) is 0 Å². The standard InChI is InChI=1S/2C5H4N2O3.Ba/c2*8-4-2-6-1-3(7-4)5(9)10;/h2*1-2H,(H,7,8)(H,9,10);/q;;+2/p-2. The van der Waals surface area contributed by atoms with E-state index in [1.807, 2.05) is 9.97 Å². The molecule has 0 spiro atoms. The van der Waals surface area contributed by atoms with E-state index in [0.29, 0.717) is 0 Å². The number of H-pyrrole nitrogens is 2. The molecule has 0 saturated carbocycles. The summed E-state index contributed by atoms with van der Waals surface area (Å²) in [5.74, 6) is -2.88. The van der Waals surface area contributed by atoms with Gasteiger partial charge in [-0.15, -0.1) is 0 Å². The van der Waals surface area contributed by atoms with Crippen molar-refractivity contribution in [3.8, 4) is 0 Å². The third kappa shape index (κ3) is 7.01. The van der Waals surface area contributed by atoms with E-state index < -0.39 is 23.1 Å². The van der Waals surface area contributed by atoms with Gasteiger partial charge in [-0.3, -0.25) is 19.6 Å². The number of nitrogens with zero attached hydrogens (tertiary/aromatic N) is 2. The van der Waals surface area contributed by atoms with Crippen molar-refractivity contribution in [2.24, 2.45) is 0 Å². The summed E-state index contributed by atoms with van der Waals surface area (Å²) in [4.78, 5) is 51.6. The van der Waals surface area contributed by atoms with Gasteiger partial charge in [0, 0.05) is 0 Å². The van der Waals surface area contributed by atoms with Gasteiger partial charge in [-0.05, 0) is 0 Å². The second kappa shape index (κ2) is 9.25. The summed E-state index contributed by atoms with van der Waals surface area (Å²) in [7, 11) is 0. The Hall–Kier alpha value is -1.73. The maximum absolute atomic E-state index is 10.4. The summed E-state index contributed by atoms with van der Waals surface area (Å²) in [6.45, 7) is 0. The summed E-state index contributed by atoms with van der Waals surface area (Å²) in [5.41, 5.74) is -1.73. The van der Waals surface area contributed by atoms with Crippen LogP contribution >= 0.6 is 0 Å². The maximum atomic E-state index is 10.4. The Morgan fingerprint density at radius 1 is 0.810 bits per heavy atom. The van der Waals surface area contributed by atoms with Crippen molar-refractivity contribution < 1.29 is 19.8 Å². The molecule has 0 aliphatic carbocycles. The van der Waals surface area contributed by atoms with Crippen LogP contribution in [0.25, 0.3) is 0 Å². The molecule has 0 radical (unpaired) electrons. The van der Waals surface area contributed by atoms with Crippen molar-refractivity contribution in [3.63, 3.8) is 0 Å². The van der Waals surface area contributed by atoms with Crippen LogP contribution in [-0.2, 0) is 0 Å². The van der Waals surface area contributed by atoms with Crippen LogP contribution in [-0.4, -0.2) is 80.8 Å². The molecule has 2 heterocycles. The number of nitrogens with one attached hydrogen (secondary N) is 2. The summed E-state index contributed by atoms with van der Waals surface area (Å²) in [6, 6.07) is 0. The molecule has 0 aliphatic rings. The largest absolute Gasteiger partial charge is 2.00 e. The molecule has 0 aromatic carbocycles. The van der Waals surface area contributed by atoms with Crippen LogP contribution in [0.1, 0.15) is 21.0 Å². The minimum absolute atomic E-state index is 0. The number of aromatic nitrogens is 4. The average molecular weight is 416 g/mol. The number of rotatable bonds is 2. The van der Waals surface area contributed by atoms with Crippen LogP contribution in [0.5, 0.6) is 0 Å². The summed E-state index contributed by atoms with van der Waals surface area (Å²) < 4.78 is 0. The van der Waals surface area contributed by atoms with Crippen molar-refractivity contribution in [2.45, 2.75) is 0 Å². The third-order valence-corrected chi connectivity index (χ3v) is 1.75. The number of aromatic amines is 2. The number of hydrogen-bond acceptors (Lipinski definition) is 8. The monoisotopic (exact) mass is 416 g/mol. The van der Waals surface area contributed by atoms with Gasteiger partial charge < -0.3 is 29.8 Å². The minimum atomic E-state index is -1.44. The predicted octanol–water partition coefficient (Wildman–Crippen LogP) is -4.11. The van der Waals surface area contributed by atoms with E-state index in [1.54, 1.807) is 0 Å². The quantitative estimate of drug-likeness (QED) is 0.466. The molecule has 2 aromatic heterocycles. The Morgan fingerprint density at radius 3 is 1.33 bits per heavy atom. The molecular weight excluding hydrogens is 409 g/mol. The first-order chi connectivity index (χ1) is 9.40. The van der Waals surface area contributed by atoms with Gasteiger partial charge >= 0.3 is 48.9 Å². The Kier molecular flexibility index (Phi) is 8.49. The summed E-state index contributed by atoms with van der Waals surface area (Å²) in [6.07, 6.45) is 3.98. The summed E-state index contributed by atoms with van der Waals surface area (Å²) in [5, 5.41) is 20.1. The zero-order chi connectivity index (χ0) is 15.1. The first-order valence-electron chi connectivity index (χ1n) is 4.91. The van der Waals surface area contributed by atoms with E-state index in [9.17, 15) is 29.4 Å². The fraction of sp³-hybridized carbons (Fsp3) is 0. The molecule has 0 aliphatic heterocycles. The van der Waals surface area contributed by atoms with E-state index in [1.165, 1.54) is 0 Å². The van der Waals surface area contributed by atoms with Gasteiger partial charge in [-0.2, -0.15) is 0 Å². The van der Waals surface area contributed by atoms with Gasteiger partial charge in [0.2, 0.25) is 0 Å². The number of carbonyl (C=O) groups is 2. The summed E-state index contributed by atoms with van der Waals surface area (Å²) >= 11 is 0. The molecule has 104 valence electrons. The normalized spacial score (nSPS) is 8.76. The number of carboxylic acid groups (broad SMARTS) is 2. The maximum Gasteiger partial charge on any atom is 2.00 e. The zero-order valence-corrected chi connectivity index (χ0v) is 14.8. The number of hydrogen-bond donors (Lipinski definition) is 2. The topological polar surface area (TPSA) is 172 Å². The molecule has 10 nitrogen and oxygen atoms in total. The van der Waals surface area contributed by atoms with Crippen LogP contribution in [0.2, 0.25) is 0 Å². The van der Waals surface area contributed by atoms with E-state index in [2.05, 4.69) is 9.97 Å². The molecule has 0 atom stereocenters. The smallest absolute Gasteiger partial charge is 0.543 e. The minimum Gasteiger partial charge on any atom is -0.543 e. The first-order valence-corrected chi connectivity index (χ1v) is 4.91. The molecule has 11 heteroatoms. The second-order valence-electron chi connectivity index (χ2n) is 3.20. The van der Waals surface area contributed by atoms with Gasteiger partial charge in [0.25, 0.3) is 11.1 Å². The first kappa shape index (κ1) is 19.3. The van der Waals surface area contributed by atoms with Crippen molar-refractivity contribution in [3.05, 3.63) is 56.9 Å². The fourth-order valence-electron chi connectivity index (χ4n) is 0.961. The van der Waals surface area contributed by atoms with Gasteiger partial charge in [0.1, 0.15) is 0 Å². The SMILES string of the molecule is O=C([O-])c1cncc(=O)[nH]1.O=C([O-])c1cncc(=O)[nH]1.[Ba+2]. The van der Waals surface area contributed by atoms with Gasteiger partial charge in [-0.25, -0.2) is 0 Å². The molecular formula is C10H6BaN4O6. The molecule has 0 unspecified atom stereocenters. The molecule has 2 aromatic rings. The van der Waals surface area contributed by atoms with Crippen molar-refractivity contribution >= 4 is 60.8 Å². The number of carbonyl (C=O) groups excluding carboxylic acids is 2. The molecule has 2 rings (SSSR count). The molecule has 21 heavy (non-hydrogen) atoms. The van der Waals surface area contributed by atoms with Crippen molar-refractivity contribution in [1.29, 1.82) is 0 Å². The number of aromatic carboxylic acids is 2. The molecule has 2 N–H and O–H groups in total. The zero-order valence-electron chi connectivity index (χ0n) is 10.4. The van der Waals surface area contributed by atoms with Crippen LogP contribution in [0, 0.1) is 0 Å². The molecule has 0 fully saturated rings. The van der Waals surface area contributed by atoms with Gasteiger partial charge in [0.05, 0.1) is 48.1 Å².